The highest BCUT2D eigenvalue weighted by Gasteiger charge is 2.73. The lowest BCUT2D eigenvalue weighted by molar-refractivity contribution is -0.123. The van der Waals surface area contributed by atoms with Crippen molar-refractivity contribution in [3.8, 4) is 5.75 Å². The van der Waals surface area contributed by atoms with Gasteiger partial charge in [0.05, 0.1) is 24.1 Å². The molecule has 2 fully saturated rings. The highest BCUT2D eigenvalue weighted by molar-refractivity contribution is 6.37. The first-order valence-corrected chi connectivity index (χ1v) is 11.4. The minimum absolute atomic E-state index is 0.0669. The summed E-state index contributed by atoms with van der Waals surface area (Å²) < 4.78 is 5.60. The number of ether oxygens (including phenoxy) is 1. The van der Waals surface area contributed by atoms with Crippen molar-refractivity contribution in [1.29, 1.82) is 0 Å². The van der Waals surface area contributed by atoms with Crippen molar-refractivity contribution in [2.24, 2.45) is 17.8 Å². The van der Waals surface area contributed by atoms with Gasteiger partial charge in [-0.15, -0.1) is 0 Å². The highest BCUT2D eigenvalue weighted by Crippen LogP contribution is 2.51. The van der Waals surface area contributed by atoms with Gasteiger partial charge in [-0.1, -0.05) is 45.0 Å². The van der Waals surface area contributed by atoms with Crippen LogP contribution in [0, 0.1) is 17.8 Å². The van der Waals surface area contributed by atoms with Crippen LogP contribution in [0.3, 0.4) is 0 Å². The van der Waals surface area contributed by atoms with Crippen LogP contribution in [0.15, 0.2) is 48.5 Å². The maximum atomic E-state index is 13.8. The maximum absolute atomic E-state index is 13.8. The van der Waals surface area contributed by atoms with Crippen LogP contribution in [0.2, 0.25) is 0 Å². The van der Waals surface area contributed by atoms with Crippen LogP contribution in [-0.2, 0) is 9.59 Å². The smallest absolute Gasteiger partial charge is 0.240 e. The second-order valence-corrected chi connectivity index (χ2v) is 9.28. The summed E-state index contributed by atoms with van der Waals surface area (Å²) in [5, 5.41) is 3.19. The number of nitrogens with zero attached hydrogens (tertiary/aromatic N) is 1. The molecular formula is C26H26N2O5. The van der Waals surface area contributed by atoms with E-state index in [0.29, 0.717) is 29.2 Å². The summed E-state index contributed by atoms with van der Waals surface area (Å²) in [6.07, 6.45) is 0.865. The number of Topliss-reactive ketones (excluding diaryl/α,β-unsaturated/α-hetero) is 2. The Bertz CT molecular complexity index is 1130. The molecule has 2 saturated heterocycles. The number of benzene rings is 2. The molecule has 3 aliphatic rings. The summed E-state index contributed by atoms with van der Waals surface area (Å²) in [5.74, 6) is -3.04. The van der Waals surface area contributed by atoms with Crippen LogP contribution in [0.5, 0.6) is 5.75 Å². The number of hydrogen-bond acceptors (Lipinski definition) is 6. The zero-order valence-corrected chi connectivity index (χ0v) is 18.8. The molecule has 33 heavy (non-hydrogen) atoms. The van der Waals surface area contributed by atoms with Crippen molar-refractivity contribution in [3.63, 3.8) is 0 Å². The van der Waals surface area contributed by atoms with Crippen LogP contribution >= 0.6 is 0 Å². The minimum atomic E-state index is -1.74. The Morgan fingerprint density at radius 3 is 2.09 bits per heavy atom. The third kappa shape index (κ3) is 2.85. The van der Waals surface area contributed by atoms with E-state index >= 15 is 0 Å². The van der Waals surface area contributed by atoms with Gasteiger partial charge in [-0.25, -0.2) is 4.90 Å². The maximum Gasteiger partial charge on any atom is 0.240 e. The van der Waals surface area contributed by atoms with Gasteiger partial charge in [-0.05, 0) is 36.6 Å². The van der Waals surface area contributed by atoms with Crippen LogP contribution in [0.1, 0.15) is 47.9 Å². The molecular weight excluding hydrogens is 420 g/mol. The SMILES string of the molecule is CCCOc1ccc(N2C(=O)[C@@H]3[C@H](C(C)C)NC4(C(=O)c5ccccc5C4=O)[C@H]3C2=O)cc1. The number of carbonyl (C=O) groups excluding carboxylic acids is 4. The summed E-state index contributed by atoms with van der Waals surface area (Å²) in [5.41, 5.74) is -0.727. The molecule has 0 radical (unpaired) electrons. The van der Waals surface area contributed by atoms with Gasteiger partial charge in [0.2, 0.25) is 11.8 Å². The van der Waals surface area contributed by atoms with Crippen molar-refractivity contribution in [1.82, 2.24) is 5.32 Å². The molecule has 0 bridgehead atoms. The molecule has 0 unspecified atom stereocenters. The molecule has 2 heterocycles. The zero-order chi connectivity index (χ0) is 23.5. The molecule has 5 rings (SSSR count). The fourth-order valence-corrected chi connectivity index (χ4v) is 5.52. The number of ketones is 2. The summed E-state index contributed by atoms with van der Waals surface area (Å²) >= 11 is 0. The van der Waals surface area contributed by atoms with E-state index < -0.39 is 40.9 Å². The molecule has 7 nitrogen and oxygen atoms in total. The number of rotatable bonds is 5. The highest BCUT2D eigenvalue weighted by atomic mass is 16.5. The van der Waals surface area contributed by atoms with E-state index in [2.05, 4.69) is 5.32 Å². The normalized spacial score (nSPS) is 25.3. The Morgan fingerprint density at radius 2 is 1.55 bits per heavy atom. The van der Waals surface area contributed by atoms with Crippen LogP contribution in [0.25, 0.3) is 0 Å². The molecule has 3 atom stereocenters. The van der Waals surface area contributed by atoms with Crippen LogP contribution in [0.4, 0.5) is 5.69 Å². The first kappa shape index (κ1) is 21.5. The Balaban J connectivity index is 1.57. The van der Waals surface area contributed by atoms with Crippen LogP contribution < -0.4 is 15.0 Å². The Hall–Kier alpha value is -3.32. The molecule has 2 amide bonds. The van der Waals surface area contributed by atoms with E-state index in [0.717, 1.165) is 11.3 Å². The molecule has 1 N–H and O–H groups in total. The molecule has 170 valence electrons. The van der Waals surface area contributed by atoms with Crippen molar-refractivity contribution in [2.75, 3.05) is 11.5 Å². The first-order valence-electron chi connectivity index (χ1n) is 11.4. The van der Waals surface area contributed by atoms with Gasteiger partial charge < -0.3 is 4.74 Å². The second-order valence-electron chi connectivity index (χ2n) is 9.28. The zero-order valence-electron chi connectivity index (χ0n) is 18.8. The lowest BCUT2D eigenvalue weighted by Gasteiger charge is -2.29. The van der Waals surface area contributed by atoms with Gasteiger partial charge in [0.25, 0.3) is 0 Å². The molecule has 1 aliphatic carbocycles. The number of nitrogens with one attached hydrogen (secondary N) is 1. The number of fused-ring (bicyclic) bond motifs is 3. The second kappa shape index (κ2) is 7.63. The molecule has 1 spiro atoms. The lowest BCUT2D eigenvalue weighted by atomic mass is 9.76. The van der Waals surface area contributed by atoms with Gasteiger partial charge in [0.15, 0.2) is 17.1 Å². The quantitative estimate of drug-likeness (QED) is 0.561. The first-order chi connectivity index (χ1) is 15.8. The topological polar surface area (TPSA) is 92.8 Å². The summed E-state index contributed by atoms with van der Waals surface area (Å²) in [6, 6.07) is 12.9. The van der Waals surface area contributed by atoms with Crippen molar-refractivity contribution in [2.45, 2.75) is 38.8 Å². The van der Waals surface area contributed by atoms with Crippen LogP contribution in [-0.4, -0.2) is 41.6 Å². The Labute approximate surface area is 192 Å². The van der Waals surface area contributed by atoms with E-state index in [9.17, 15) is 19.2 Å². The monoisotopic (exact) mass is 446 g/mol. The van der Waals surface area contributed by atoms with Gasteiger partial charge in [-0.3, -0.25) is 24.5 Å². The van der Waals surface area contributed by atoms with E-state index in [1.54, 1.807) is 48.5 Å². The largest absolute Gasteiger partial charge is 0.494 e. The van der Waals surface area contributed by atoms with Crippen molar-refractivity contribution in [3.05, 3.63) is 59.7 Å². The number of imide groups is 1. The number of amides is 2. The van der Waals surface area contributed by atoms with Gasteiger partial charge in [-0.2, -0.15) is 0 Å². The Kier molecular flexibility index (Phi) is 4.97. The summed E-state index contributed by atoms with van der Waals surface area (Å²) in [7, 11) is 0. The van der Waals surface area contributed by atoms with E-state index in [-0.39, 0.29) is 11.8 Å². The van der Waals surface area contributed by atoms with Crippen molar-refractivity contribution < 1.29 is 23.9 Å². The number of carbonyl (C=O) groups is 4. The fraction of sp³-hybridized carbons (Fsp3) is 0.385. The number of hydrogen-bond donors (Lipinski definition) is 1. The molecule has 2 aromatic carbocycles. The van der Waals surface area contributed by atoms with Gasteiger partial charge >= 0.3 is 0 Å². The predicted octanol–water partition coefficient (Wildman–Crippen LogP) is 3.03. The third-order valence-electron chi connectivity index (χ3n) is 7.02. The average molecular weight is 447 g/mol. The molecule has 2 aromatic rings. The van der Waals surface area contributed by atoms with E-state index in [1.165, 1.54) is 0 Å². The third-order valence-corrected chi connectivity index (χ3v) is 7.02. The van der Waals surface area contributed by atoms with Gasteiger partial charge in [0.1, 0.15) is 5.75 Å². The fourth-order valence-electron chi connectivity index (χ4n) is 5.52. The molecule has 0 saturated carbocycles. The van der Waals surface area contributed by atoms with Gasteiger partial charge in [0, 0.05) is 17.2 Å². The molecule has 7 heteroatoms. The standard InChI is InChI=1S/C26H26N2O5/c1-4-13-33-16-11-9-15(10-12-16)28-24(31)19-20(25(28)32)26(27-21(19)14(2)3)22(29)17-7-5-6-8-18(17)23(26)30/h5-12,14,19-21,27H,4,13H2,1-3H3/t19-,20+,21-/m0/s1. The summed E-state index contributed by atoms with van der Waals surface area (Å²) in [6.45, 7) is 6.42. The number of anilines is 1. The van der Waals surface area contributed by atoms with E-state index in [1.807, 2.05) is 20.8 Å². The van der Waals surface area contributed by atoms with Crippen molar-refractivity contribution >= 4 is 29.1 Å². The molecule has 2 aliphatic heterocycles. The minimum Gasteiger partial charge on any atom is -0.494 e. The molecule has 0 aromatic heterocycles. The summed E-state index contributed by atoms with van der Waals surface area (Å²) in [4.78, 5) is 55.7. The lowest BCUT2D eigenvalue weighted by Crippen LogP contribution is -2.59. The Morgan fingerprint density at radius 1 is 0.939 bits per heavy atom. The average Bonchev–Trinajstić information content (AvgIpc) is 3.38. The predicted molar refractivity (Wildman–Crippen MR) is 121 cm³/mol. The van der Waals surface area contributed by atoms with E-state index in [4.69, 9.17) is 4.74 Å².